The number of aromatic nitrogens is 2. The quantitative estimate of drug-likeness (QED) is 0.600. The molecule has 1 aliphatic rings. The molecule has 0 unspecified atom stereocenters. The van der Waals surface area contributed by atoms with Gasteiger partial charge in [-0.15, -0.1) is 0 Å². The number of aryl methyl sites for hydroxylation is 1. The zero-order valence-electron chi connectivity index (χ0n) is 9.13. The van der Waals surface area contributed by atoms with E-state index in [0.29, 0.717) is 12.4 Å². The van der Waals surface area contributed by atoms with Gasteiger partial charge in [0.2, 0.25) is 5.82 Å². The molecule has 78 valence electrons. The molecule has 0 fully saturated rings. The lowest BCUT2D eigenvalue weighted by atomic mass is 10.1. The van der Waals surface area contributed by atoms with E-state index in [-0.39, 0.29) is 0 Å². The summed E-state index contributed by atoms with van der Waals surface area (Å²) in [4.78, 5) is 8.81. The molecule has 1 aromatic rings. The average Bonchev–Trinajstić information content (AvgIpc) is 2.26. The van der Waals surface area contributed by atoms with E-state index in [9.17, 15) is 0 Å². The van der Waals surface area contributed by atoms with Gasteiger partial charge in [-0.1, -0.05) is 12.8 Å². The third kappa shape index (κ3) is 2.16. The molecule has 0 bridgehead atoms. The second-order valence-corrected chi connectivity index (χ2v) is 3.52. The van der Waals surface area contributed by atoms with Gasteiger partial charge in [0.05, 0.1) is 18.9 Å². The molecule has 0 radical (unpaired) electrons. The summed E-state index contributed by atoms with van der Waals surface area (Å²) in [5, 5.41) is 0. The van der Waals surface area contributed by atoms with Crippen molar-refractivity contribution in [3.8, 4) is 11.8 Å². The maximum atomic E-state index is 5.38. The Balaban J connectivity index is 2.40. The summed E-state index contributed by atoms with van der Waals surface area (Å²) in [5.74, 6) is 6.61. The van der Waals surface area contributed by atoms with Crippen LogP contribution in [0.4, 0.5) is 0 Å². The lowest BCUT2D eigenvalue weighted by Gasteiger charge is -2.16. The number of nitrogens with zero attached hydrogens (tertiary/aromatic N) is 2. The lowest BCUT2D eigenvalue weighted by molar-refractivity contribution is 0.108. The molecule has 0 amide bonds. The highest BCUT2D eigenvalue weighted by molar-refractivity contribution is 5.31. The van der Waals surface area contributed by atoms with E-state index in [4.69, 9.17) is 4.74 Å². The Morgan fingerprint density at radius 3 is 3.07 bits per heavy atom. The van der Waals surface area contributed by atoms with Crippen molar-refractivity contribution in [3.63, 3.8) is 0 Å². The Morgan fingerprint density at radius 2 is 2.27 bits per heavy atom. The van der Waals surface area contributed by atoms with Crippen molar-refractivity contribution in [3.05, 3.63) is 22.8 Å². The van der Waals surface area contributed by atoms with Crippen LogP contribution in [-0.2, 0) is 17.8 Å². The predicted molar refractivity (Wildman–Crippen MR) is 57.3 cm³/mol. The van der Waals surface area contributed by atoms with Crippen LogP contribution in [0.3, 0.4) is 0 Å². The van der Waals surface area contributed by atoms with Crippen LogP contribution in [0.25, 0.3) is 0 Å². The largest absolute Gasteiger partial charge is 0.376 e. The van der Waals surface area contributed by atoms with Crippen molar-refractivity contribution in [2.24, 2.45) is 0 Å². The Hall–Kier alpha value is -1.40. The maximum Gasteiger partial charge on any atom is 0.205 e. The number of hydrogen-bond donors (Lipinski definition) is 0. The molecule has 1 aromatic heterocycles. The van der Waals surface area contributed by atoms with E-state index in [1.54, 1.807) is 0 Å². The summed E-state index contributed by atoms with van der Waals surface area (Å²) in [6.45, 7) is 5.41. The van der Waals surface area contributed by atoms with Gasteiger partial charge in [-0.3, -0.25) is 0 Å². The Bertz CT molecular complexity index is 429. The van der Waals surface area contributed by atoms with Crippen LogP contribution >= 0.6 is 0 Å². The molecule has 2 rings (SSSR count). The van der Waals surface area contributed by atoms with Crippen molar-refractivity contribution in [1.82, 2.24) is 9.97 Å². The molecule has 0 aliphatic carbocycles. The third-order valence-electron chi connectivity index (χ3n) is 2.41. The topological polar surface area (TPSA) is 35.0 Å². The highest BCUT2D eigenvalue weighted by Gasteiger charge is 2.14. The molecule has 1 aliphatic heterocycles. The fourth-order valence-corrected chi connectivity index (χ4v) is 1.62. The van der Waals surface area contributed by atoms with Crippen LogP contribution < -0.4 is 0 Å². The fraction of sp³-hybridized carbons (Fsp3) is 0.500. The van der Waals surface area contributed by atoms with Crippen LogP contribution in [0.2, 0.25) is 0 Å². The molecule has 0 spiro atoms. The minimum absolute atomic E-state index is 0.642. The fourth-order valence-electron chi connectivity index (χ4n) is 1.62. The van der Waals surface area contributed by atoms with Gasteiger partial charge in [0.15, 0.2) is 0 Å². The van der Waals surface area contributed by atoms with Gasteiger partial charge < -0.3 is 4.74 Å². The summed E-state index contributed by atoms with van der Waals surface area (Å²) in [6, 6.07) is 0. The number of fused-ring (bicyclic) bond motifs is 1. The van der Waals surface area contributed by atoms with Gasteiger partial charge in [0, 0.05) is 24.1 Å². The van der Waals surface area contributed by atoms with Crippen molar-refractivity contribution in [2.75, 3.05) is 6.61 Å². The van der Waals surface area contributed by atoms with Gasteiger partial charge in [0.25, 0.3) is 0 Å². The standard InChI is InChI=1S/C12H14N2O/c1-3-4-5-12-13-9(2)10-8-15-7-6-11(10)14-12/h3,6-8H2,1-2H3. The molecule has 3 nitrogen and oxygen atoms in total. The Kier molecular flexibility index (Phi) is 2.98. The first kappa shape index (κ1) is 10.1. The first-order valence-corrected chi connectivity index (χ1v) is 5.24. The zero-order valence-corrected chi connectivity index (χ0v) is 9.13. The van der Waals surface area contributed by atoms with Crippen molar-refractivity contribution < 1.29 is 4.74 Å². The van der Waals surface area contributed by atoms with Gasteiger partial charge in [-0.25, -0.2) is 9.97 Å². The molecule has 0 N–H and O–H groups in total. The van der Waals surface area contributed by atoms with Crippen molar-refractivity contribution >= 4 is 0 Å². The number of rotatable bonds is 0. The summed E-state index contributed by atoms with van der Waals surface area (Å²) in [5.41, 5.74) is 3.25. The molecule has 3 heteroatoms. The van der Waals surface area contributed by atoms with Crippen LogP contribution in [0, 0.1) is 18.8 Å². The molecule has 0 atom stereocenters. The minimum atomic E-state index is 0.642. The predicted octanol–water partition coefficient (Wildman–Crippen LogP) is 1.62. The molecular weight excluding hydrogens is 188 g/mol. The summed E-state index contributed by atoms with van der Waals surface area (Å²) in [6.07, 6.45) is 1.71. The molecule has 0 saturated carbocycles. The lowest BCUT2D eigenvalue weighted by Crippen LogP contribution is -2.15. The number of ether oxygens (including phenoxy) is 1. The highest BCUT2D eigenvalue weighted by atomic mass is 16.5. The molecule has 0 saturated heterocycles. The van der Waals surface area contributed by atoms with E-state index >= 15 is 0 Å². The van der Waals surface area contributed by atoms with Crippen LogP contribution in [-0.4, -0.2) is 16.6 Å². The normalized spacial score (nSPS) is 14.0. The minimum Gasteiger partial charge on any atom is -0.376 e. The van der Waals surface area contributed by atoms with Gasteiger partial charge >= 0.3 is 0 Å². The van der Waals surface area contributed by atoms with Crippen LogP contribution in [0.15, 0.2) is 0 Å². The van der Waals surface area contributed by atoms with Gasteiger partial charge in [0.1, 0.15) is 0 Å². The maximum absolute atomic E-state index is 5.38. The van der Waals surface area contributed by atoms with Crippen molar-refractivity contribution in [2.45, 2.75) is 33.3 Å². The Labute approximate surface area is 89.9 Å². The molecule has 2 heterocycles. The second-order valence-electron chi connectivity index (χ2n) is 3.52. The molecular formula is C12H14N2O. The SMILES string of the molecule is CCC#Cc1nc(C)c2c(n1)CCOC2. The summed E-state index contributed by atoms with van der Waals surface area (Å²) in [7, 11) is 0. The second kappa shape index (κ2) is 4.41. The zero-order chi connectivity index (χ0) is 10.7. The third-order valence-corrected chi connectivity index (χ3v) is 2.41. The van der Waals surface area contributed by atoms with Crippen LogP contribution in [0.1, 0.15) is 36.1 Å². The Morgan fingerprint density at radius 1 is 1.40 bits per heavy atom. The van der Waals surface area contributed by atoms with E-state index in [2.05, 4.69) is 21.8 Å². The summed E-state index contributed by atoms with van der Waals surface area (Å²) < 4.78 is 5.38. The van der Waals surface area contributed by atoms with Crippen molar-refractivity contribution in [1.29, 1.82) is 0 Å². The summed E-state index contributed by atoms with van der Waals surface area (Å²) >= 11 is 0. The van der Waals surface area contributed by atoms with E-state index in [0.717, 1.165) is 36.4 Å². The smallest absolute Gasteiger partial charge is 0.205 e. The first-order valence-electron chi connectivity index (χ1n) is 5.24. The van der Waals surface area contributed by atoms with E-state index < -0.39 is 0 Å². The van der Waals surface area contributed by atoms with Gasteiger partial charge in [-0.05, 0) is 12.8 Å². The monoisotopic (exact) mass is 202 g/mol. The van der Waals surface area contributed by atoms with E-state index in [1.165, 1.54) is 0 Å². The van der Waals surface area contributed by atoms with Gasteiger partial charge in [-0.2, -0.15) is 0 Å². The number of hydrogen-bond acceptors (Lipinski definition) is 3. The van der Waals surface area contributed by atoms with Crippen LogP contribution in [0.5, 0.6) is 0 Å². The highest BCUT2D eigenvalue weighted by Crippen LogP contribution is 2.17. The average molecular weight is 202 g/mol. The molecule has 0 aromatic carbocycles. The first-order chi connectivity index (χ1) is 7.31. The molecule has 15 heavy (non-hydrogen) atoms. The van der Waals surface area contributed by atoms with E-state index in [1.807, 2.05) is 13.8 Å².